The maximum atomic E-state index is 8.42. The van der Waals surface area contributed by atoms with Crippen LogP contribution in [-0.4, -0.2) is 34.3 Å². The van der Waals surface area contributed by atoms with Gasteiger partial charge >= 0.3 is 14.2 Å². The molecule has 9 heavy (non-hydrogen) atoms. The standard InChI is InChI=1S/C3H10B2O4/c1-2-3(4(6)7)5(8)9/h3,6-9H,2H2,1H3. The van der Waals surface area contributed by atoms with E-state index in [0.29, 0.717) is 6.42 Å². The summed E-state index contributed by atoms with van der Waals surface area (Å²) in [6.07, 6.45) is 0.329. The van der Waals surface area contributed by atoms with Crippen molar-refractivity contribution < 1.29 is 20.1 Å². The molecule has 0 amide bonds. The minimum atomic E-state index is -1.64. The van der Waals surface area contributed by atoms with Gasteiger partial charge in [-0.3, -0.25) is 0 Å². The Labute approximate surface area is 54.4 Å². The second kappa shape index (κ2) is 3.90. The number of hydrogen-bond acceptors (Lipinski definition) is 4. The normalized spacial score (nSPS) is 10.0. The molecule has 0 aromatic rings. The van der Waals surface area contributed by atoms with Gasteiger partial charge in [-0.1, -0.05) is 13.3 Å². The molecule has 0 aromatic carbocycles. The summed E-state index contributed by atoms with van der Waals surface area (Å²) < 4.78 is 0. The van der Waals surface area contributed by atoms with E-state index in [1.54, 1.807) is 6.92 Å². The molecule has 0 atom stereocenters. The van der Waals surface area contributed by atoms with E-state index in [1.165, 1.54) is 0 Å². The summed E-state index contributed by atoms with van der Waals surface area (Å²) in [6.45, 7) is 1.64. The smallest absolute Gasteiger partial charge is 0.427 e. The minimum absolute atomic E-state index is 0.329. The number of hydrogen-bond donors (Lipinski definition) is 4. The van der Waals surface area contributed by atoms with E-state index >= 15 is 0 Å². The van der Waals surface area contributed by atoms with E-state index in [2.05, 4.69) is 0 Å². The molecule has 6 heteroatoms. The molecule has 4 nitrogen and oxygen atoms in total. The Kier molecular flexibility index (Phi) is 3.88. The average Bonchev–Trinajstić information content (AvgIpc) is 1.64. The zero-order valence-electron chi connectivity index (χ0n) is 5.23. The minimum Gasteiger partial charge on any atom is -0.427 e. The molecule has 4 N–H and O–H groups in total. The summed E-state index contributed by atoms with van der Waals surface area (Å²) in [5.41, 5.74) is -0.856. The maximum Gasteiger partial charge on any atom is 0.452 e. The van der Waals surface area contributed by atoms with Crippen LogP contribution in [0.25, 0.3) is 0 Å². The van der Waals surface area contributed by atoms with Gasteiger partial charge in [0, 0.05) is 5.72 Å². The van der Waals surface area contributed by atoms with Gasteiger partial charge in [-0.2, -0.15) is 0 Å². The van der Waals surface area contributed by atoms with Crippen molar-refractivity contribution >= 4 is 14.2 Å². The first-order valence-electron chi connectivity index (χ1n) is 2.81. The van der Waals surface area contributed by atoms with Crippen molar-refractivity contribution in [1.29, 1.82) is 0 Å². The van der Waals surface area contributed by atoms with Crippen molar-refractivity contribution in [1.82, 2.24) is 0 Å². The molecule has 0 spiro atoms. The fourth-order valence-electron chi connectivity index (χ4n) is 0.576. The van der Waals surface area contributed by atoms with Gasteiger partial charge in [-0.25, -0.2) is 0 Å². The van der Waals surface area contributed by atoms with Crippen LogP contribution >= 0.6 is 0 Å². The first-order valence-corrected chi connectivity index (χ1v) is 2.81. The monoisotopic (exact) mass is 132 g/mol. The lowest BCUT2D eigenvalue weighted by atomic mass is 9.51. The second-order valence-corrected chi connectivity index (χ2v) is 1.90. The Morgan fingerprint density at radius 2 is 1.44 bits per heavy atom. The van der Waals surface area contributed by atoms with Gasteiger partial charge in [0.1, 0.15) is 0 Å². The molecule has 0 aliphatic heterocycles. The molecule has 0 saturated carbocycles. The van der Waals surface area contributed by atoms with Gasteiger partial charge in [0.15, 0.2) is 0 Å². The summed E-state index contributed by atoms with van der Waals surface area (Å²) in [4.78, 5) is 0. The Bertz CT molecular complexity index is 68.2. The quantitative estimate of drug-likeness (QED) is 0.343. The van der Waals surface area contributed by atoms with Gasteiger partial charge < -0.3 is 20.1 Å². The molecular weight excluding hydrogens is 122 g/mol. The molecule has 0 rings (SSSR count). The van der Waals surface area contributed by atoms with Crippen molar-refractivity contribution in [3.8, 4) is 0 Å². The molecule has 0 aliphatic rings. The summed E-state index contributed by atoms with van der Waals surface area (Å²) in [7, 11) is -3.29. The molecular formula is C3H10B2O4. The third-order valence-electron chi connectivity index (χ3n) is 1.24. The molecule has 0 bridgehead atoms. The maximum absolute atomic E-state index is 8.42. The van der Waals surface area contributed by atoms with Crippen molar-refractivity contribution in [3.05, 3.63) is 0 Å². The first kappa shape index (κ1) is 8.97. The summed E-state index contributed by atoms with van der Waals surface area (Å²) >= 11 is 0. The fraction of sp³-hybridized carbons (Fsp3) is 1.00. The van der Waals surface area contributed by atoms with Crippen LogP contribution in [0.1, 0.15) is 13.3 Å². The second-order valence-electron chi connectivity index (χ2n) is 1.90. The predicted octanol–water partition coefficient (Wildman–Crippen LogP) is -1.75. The molecule has 0 unspecified atom stereocenters. The van der Waals surface area contributed by atoms with Crippen LogP contribution in [0.3, 0.4) is 0 Å². The summed E-state index contributed by atoms with van der Waals surface area (Å²) in [5, 5.41) is 33.7. The molecule has 0 fully saturated rings. The highest BCUT2D eigenvalue weighted by molar-refractivity contribution is 6.64. The Hall–Kier alpha value is -0.0301. The van der Waals surface area contributed by atoms with E-state index < -0.39 is 20.0 Å². The fourth-order valence-corrected chi connectivity index (χ4v) is 0.576. The zero-order chi connectivity index (χ0) is 7.44. The average molecular weight is 132 g/mol. The van der Waals surface area contributed by atoms with Crippen LogP contribution in [0, 0.1) is 0 Å². The molecule has 0 aromatic heterocycles. The molecule has 0 aliphatic carbocycles. The third kappa shape index (κ3) is 2.86. The van der Waals surface area contributed by atoms with Gasteiger partial charge in [0.05, 0.1) is 0 Å². The van der Waals surface area contributed by atoms with Crippen molar-refractivity contribution in [2.24, 2.45) is 0 Å². The molecule has 0 saturated heterocycles. The van der Waals surface area contributed by atoms with Crippen LogP contribution in [-0.2, 0) is 0 Å². The highest BCUT2D eigenvalue weighted by Gasteiger charge is 2.32. The lowest BCUT2D eigenvalue weighted by molar-refractivity contribution is 0.356. The van der Waals surface area contributed by atoms with Crippen LogP contribution in [0.2, 0.25) is 5.72 Å². The Balaban J connectivity index is 3.68. The molecule has 0 radical (unpaired) electrons. The van der Waals surface area contributed by atoms with Crippen LogP contribution in [0.4, 0.5) is 0 Å². The number of rotatable bonds is 3. The highest BCUT2D eigenvalue weighted by atomic mass is 16.4. The highest BCUT2D eigenvalue weighted by Crippen LogP contribution is 2.11. The Morgan fingerprint density at radius 3 is 1.44 bits per heavy atom. The summed E-state index contributed by atoms with van der Waals surface area (Å²) in [5.74, 6) is 0. The summed E-state index contributed by atoms with van der Waals surface area (Å²) in [6, 6.07) is 0. The molecule has 52 valence electrons. The van der Waals surface area contributed by atoms with Crippen molar-refractivity contribution in [2.75, 3.05) is 0 Å². The van der Waals surface area contributed by atoms with E-state index in [1.807, 2.05) is 0 Å². The Morgan fingerprint density at radius 1 is 1.11 bits per heavy atom. The van der Waals surface area contributed by atoms with Crippen LogP contribution < -0.4 is 0 Å². The first-order chi connectivity index (χ1) is 4.09. The third-order valence-corrected chi connectivity index (χ3v) is 1.24. The van der Waals surface area contributed by atoms with Crippen molar-refractivity contribution in [2.45, 2.75) is 19.1 Å². The largest absolute Gasteiger partial charge is 0.452 e. The SMILES string of the molecule is CCC(B(O)O)B(O)O. The predicted molar refractivity (Wildman–Crippen MR) is 34.4 cm³/mol. The lowest BCUT2D eigenvalue weighted by Gasteiger charge is -2.10. The molecule has 0 heterocycles. The van der Waals surface area contributed by atoms with E-state index in [-0.39, 0.29) is 0 Å². The van der Waals surface area contributed by atoms with E-state index in [4.69, 9.17) is 20.1 Å². The van der Waals surface area contributed by atoms with Gasteiger partial charge in [0.2, 0.25) is 0 Å². The van der Waals surface area contributed by atoms with Gasteiger partial charge in [0.25, 0.3) is 0 Å². The zero-order valence-corrected chi connectivity index (χ0v) is 5.23. The topological polar surface area (TPSA) is 80.9 Å². The van der Waals surface area contributed by atoms with E-state index in [0.717, 1.165) is 0 Å². The van der Waals surface area contributed by atoms with E-state index in [9.17, 15) is 0 Å². The van der Waals surface area contributed by atoms with Gasteiger partial charge in [-0.15, -0.1) is 0 Å². The van der Waals surface area contributed by atoms with Crippen LogP contribution in [0.5, 0.6) is 0 Å². The lowest BCUT2D eigenvalue weighted by Crippen LogP contribution is -2.33. The van der Waals surface area contributed by atoms with Crippen molar-refractivity contribution in [3.63, 3.8) is 0 Å². The van der Waals surface area contributed by atoms with Crippen LogP contribution in [0.15, 0.2) is 0 Å². The van der Waals surface area contributed by atoms with Gasteiger partial charge in [-0.05, 0) is 0 Å².